The lowest BCUT2D eigenvalue weighted by Crippen LogP contribution is -2.48. The van der Waals surface area contributed by atoms with Crippen LogP contribution in [0.5, 0.6) is 5.75 Å². The maximum absolute atomic E-state index is 12.6. The first-order valence-electron chi connectivity index (χ1n) is 8.05. The molecule has 1 saturated heterocycles. The van der Waals surface area contributed by atoms with Gasteiger partial charge in [-0.2, -0.15) is 0 Å². The number of carbonyl (C=O) groups is 2. The number of benzene rings is 1. The second kappa shape index (κ2) is 8.41. The van der Waals surface area contributed by atoms with Crippen LogP contribution in [-0.2, 0) is 11.3 Å². The van der Waals surface area contributed by atoms with E-state index in [1.807, 2.05) is 12.3 Å². The van der Waals surface area contributed by atoms with Crippen molar-refractivity contribution in [3.05, 3.63) is 40.3 Å². The van der Waals surface area contributed by atoms with Crippen LogP contribution in [0.3, 0.4) is 0 Å². The molecule has 0 spiro atoms. The Balaban J connectivity index is 1.59. The molecule has 0 bridgehead atoms. The molecule has 3 rings (SSSR count). The highest BCUT2D eigenvalue weighted by Gasteiger charge is 2.34. The van der Waals surface area contributed by atoms with Crippen LogP contribution < -0.4 is 15.4 Å². The zero-order chi connectivity index (χ0) is 18.5. The van der Waals surface area contributed by atoms with E-state index in [1.165, 1.54) is 0 Å². The Morgan fingerprint density at radius 2 is 2.27 bits per heavy atom. The highest BCUT2D eigenvalue weighted by atomic mass is 32.2. The first-order chi connectivity index (χ1) is 12.6. The molecule has 1 aliphatic rings. The molecule has 3 amide bonds. The quantitative estimate of drug-likeness (QED) is 0.817. The monoisotopic (exact) mass is 392 g/mol. The molecule has 0 saturated carbocycles. The number of urea groups is 1. The second-order valence-corrected chi connectivity index (χ2v) is 7.79. The lowest BCUT2D eigenvalue weighted by molar-refractivity contribution is -0.124. The van der Waals surface area contributed by atoms with E-state index in [0.29, 0.717) is 29.6 Å². The van der Waals surface area contributed by atoms with E-state index in [2.05, 4.69) is 15.6 Å². The molecule has 1 fully saturated rings. The topological polar surface area (TPSA) is 83.6 Å². The lowest BCUT2D eigenvalue weighted by Gasteiger charge is -2.23. The van der Waals surface area contributed by atoms with Gasteiger partial charge < -0.3 is 20.3 Å². The number of methoxy groups -OCH3 is 1. The normalized spacial score (nSPS) is 16.4. The molecule has 1 aliphatic heterocycles. The number of aryl methyl sites for hydroxylation is 1. The number of anilines is 1. The van der Waals surface area contributed by atoms with Crippen molar-refractivity contribution in [2.24, 2.45) is 0 Å². The van der Waals surface area contributed by atoms with Gasteiger partial charge in [-0.1, -0.05) is 6.07 Å². The van der Waals surface area contributed by atoms with Crippen molar-refractivity contribution in [1.82, 2.24) is 15.2 Å². The second-order valence-electron chi connectivity index (χ2n) is 5.72. The molecule has 0 unspecified atom stereocenters. The van der Waals surface area contributed by atoms with Crippen LogP contribution in [0.4, 0.5) is 10.5 Å². The van der Waals surface area contributed by atoms with Gasteiger partial charge in [-0.3, -0.25) is 4.79 Å². The van der Waals surface area contributed by atoms with Crippen molar-refractivity contribution in [2.75, 3.05) is 24.1 Å². The molecular weight excluding hydrogens is 372 g/mol. The molecule has 7 nitrogen and oxygen atoms in total. The van der Waals surface area contributed by atoms with Crippen LogP contribution in [0.15, 0.2) is 29.6 Å². The van der Waals surface area contributed by atoms with Crippen molar-refractivity contribution >= 4 is 40.7 Å². The van der Waals surface area contributed by atoms with Gasteiger partial charge in [0.15, 0.2) is 0 Å². The van der Waals surface area contributed by atoms with Gasteiger partial charge in [0.1, 0.15) is 11.8 Å². The standard InChI is InChI=1S/C17H20N4O3S2/c1-11-19-13(8-26-11)7-18-16(22)15-9-25-10-21(15)17(23)20-12-4-3-5-14(6-12)24-2/h3-6,8,15H,7,9-10H2,1-2H3,(H,18,22)(H,20,23)/t15-/m1/s1. The number of ether oxygens (including phenoxy) is 1. The van der Waals surface area contributed by atoms with Crippen LogP contribution >= 0.6 is 23.1 Å². The molecule has 1 aromatic heterocycles. The molecular formula is C17H20N4O3S2. The minimum atomic E-state index is -0.495. The van der Waals surface area contributed by atoms with E-state index in [0.717, 1.165) is 10.7 Å². The number of rotatable bonds is 5. The molecule has 1 aromatic carbocycles. The fourth-order valence-corrected chi connectivity index (χ4v) is 4.31. The van der Waals surface area contributed by atoms with Crippen molar-refractivity contribution in [1.29, 1.82) is 0 Å². The molecule has 2 heterocycles. The van der Waals surface area contributed by atoms with Gasteiger partial charge >= 0.3 is 6.03 Å². The number of nitrogens with one attached hydrogen (secondary N) is 2. The van der Waals surface area contributed by atoms with Crippen molar-refractivity contribution in [2.45, 2.75) is 19.5 Å². The maximum Gasteiger partial charge on any atom is 0.323 e. The summed E-state index contributed by atoms with van der Waals surface area (Å²) in [6.07, 6.45) is 0. The Kier molecular flexibility index (Phi) is 6.00. The average molecular weight is 393 g/mol. The third-order valence-corrected chi connectivity index (χ3v) is 5.71. The predicted octanol–water partition coefficient (Wildman–Crippen LogP) is 2.68. The summed E-state index contributed by atoms with van der Waals surface area (Å²) in [4.78, 5) is 31.0. The van der Waals surface area contributed by atoms with Gasteiger partial charge in [0.25, 0.3) is 0 Å². The van der Waals surface area contributed by atoms with Crippen LogP contribution in [0, 0.1) is 6.92 Å². The summed E-state index contributed by atoms with van der Waals surface area (Å²) in [5.41, 5.74) is 1.46. The van der Waals surface area contributed by atoms with E-state index in [-0.39, 0.29) is 11.9 Å². The zero-order valence-corrected chi connectivity index (χ0v) is 16.2. The number of thioether (sulfide) groups is 1. The van der Waals surface area contributed by atoms with E-state index < -0.39 is 6.04 Å². The summed E-state index contributed by atoms with van der Waals surface area (Å²) in [7, 11) is 1.57. The van der Waals surface area contributed by atoms with Gasteiger partial charge in [-0.05, 0) is 19.1 Å². The summed E-state index contributed by atoms with van der Waals surface area (Å²) in [6.45, 7) is 2.30. The fourth-order valence-electron chi connectivity index (χ4n) is 2.54. The zero-order valence-electron chi connectivity index (χ0n) is 14.5. The number of aromatic nitrogens is 1. The maximum atomic E-state index is 12.6. The third-order valence-electron chi connectivity index (χ3n) is 3.88. The van der Waals surface area contributed by atoms with Crippen LogP contribution in [0.25, 0.3) is 0 Å². The number of thiazole rings is 1. The Bertz CT molecular complexity index is 796. The number of hydrogen-bond acceptors (Lipinski definition) is 6. The average Bonchev–Trinajstić information content (AvgIpc) is 3.29. The number of nitrogens with zero attached hydrogens (tertiary/aromatic N) is 2. The molecule has 2 N–H and O–H groups in total. The van der Waals surface area contributed by atoms with Crippen LogP contribution in [-0.4, -0.2) is 46.6 Å². The van der Waals surface area contributed by atoms with Gasteiger partial charge in [0, 0.05) is 22.9 Å². The Hall–Kier alpha value is -2.26. The molecule has 0 aliphatic carbocycles. The largest absolute Gasteiger partial charge is 0.497 e. The molecule has 0 radical (unpaired) electrons. The Morgan fingerprint density at radius 1 is 1.42 bits per heavy atom. The highest BCUT2D eigenvalue weighted by molar-refractivity contribution is 7.99. The first kappa shape index (κ1) is 18.5. The summed E-state index contributed by atoms with van der Waals surface area (Å²) in [6, 6.07) is 6.33. The molecule has 1 atom stereocenters. The SMILES string of the molecule is COc1cccc(NC(=O)N2CSC[C@@H]2C(=O)NCc2csc(C)n2)c1. The molecule has 138 valence electrons. The van der Waals surface area contributed by atoms with Gasteiger partial charge in [0.05, 0.1) is 30.2 Å². The van der Waals surface area contributed by atoms with E-state index in [4.69, 9.17) is 4.74 Å². The van der Waals surface area contributed by atoms with Gasteiger partial charge in [-0.25, -0.2) is 9.78 Å². The van der Waals surface area contributed by atoms with Crippen molar-refractivity contribution in [3.8, 4) is 5.75 Å². The van der Waals surface area contributed by atoms with Gasteiger partial charge in [-0.15, -0.1) is 23.1 Å². The van der Waals surface area contributed by atoms with Crippen LogP contribution in [0.1, 0.15) is 10.7 Å². The highest BCUT2D eigenvalue weighted by Crippen LogP contribution is 2.23. The summed E-state index contributed by atoms with van der Waals surface area (Å²) in [5, 5.41) is 8.58. The smallest absolute Gasteiger partial charge is 0.323 e. The summed E-state index contributed by atoms with van der Waals surface area (Å²) >= 11 is 3.10. The number of carbonyl (C=O) groups excluding carboxylic acids is 2. The lowest BCUT2D eigenvalue weighted by atomic mass is 10.2. The van der Waals surface area contributed by atoms with Crippen LogP contribution in [0.2, 0.25) is 0 Å². The summed E-state index contributed by atoms with van der Waals surface area (Å²) < 4.78 is 5.16. The first-order valence-corrected chi connectivity index (χ1v) is 10.1. The van der Waals surface area contributed by atoms with E-state index in [1.54, 1.807) is 59.4 Å². The Morgan fingerprint density at radius 3 is 3.00 bits per heavy atom. The Labute approximate surface area is 160 Å². The number of hydrogen-bond donors (Lipinski definition) is 2. The van der Waals surface area contributed by atoms with Gasteiger partial charge in [0.2, 0.25) is 5.91 Å². The summed E-state index contributed by atoms with van der Waals surface area (Å²) in [5.74, 6) is 1.55. The molecule has 2 aromatic rings. The molecule has 9 heteroatoms. The van der Waals surface area contributed by atoms with E-state index >= 15 is 0 Å². The minimum absolute atomic E-state index is 0.165. The number of amides is 3. The van der Waals surface area contributed by atoms with Crippen molar-refractivity contribution < 1.29 is 14.3 Å². The van der Waals surface area contributed by atoms with Crippen molar-refractivity contribution in [3.63, 3.8) is 0 Å². The predicted molar refractivity (Wildman–Crippen MR) is 104 cm³/mol. The molecule has 26 heavy (non-hydrogen) atoms. The minimum Gasteiger partial charge on any atom is -0.497 e. The van der Waals surface area contributed by atoms with E-state index in [9.17, 15) is 9.59 Å². The third kappa shape index (κ3) is 4.47. The fraction of sp³-hybridized carbons (Fsp3) is 0.353.